The van der Waals surface area contributed by atoms with Gasteiger partial charge in [-0.25, -0.2) is 4.79 Å². The lowest BCUT2D eigenvalue weighted by Gasteiger charge is -1.94. The number of methoxy groups -OCH3 is 1. The zero-order valence-corrected chi connectivity index (χ0v) is 4.31. The summed E-state index contributed by atoms with van der Waals surface area (Å²) >= 11 is 0. The van der Waals surface area contributed by atoms with Crippen LogP contribution < -0.4 is 5.70 Å². The van der Waals surface area contributed by atoms with E-state index in [1.54, 1.807) is 0 Å². The number of carbonyl (C=O) groups is 1. The minimum atomic E-state index is -0.796. The van der Waals surface area contributed by atoms with Crippen LogP contribution in [0.5, 0.6) is 0 Å². The molecule has 1 N–H and O–H groups in total. The maximum atomic E-state index is 10.8. The number of carbonyl (C=O) groups excluding carboxylic acids is 1. The molecule has 0 saturated carbocycles. The molecule has 0 radical (unpaired) electrons. The summed E-state index contributed by atoms with van der Waals surface area (Å²) in [5.74, 6) is -0.796. The third kappa shape index (κ3) is 3.51. The van der Waals surface area contributed by atoms with Crippen LogP contribution in [0.2, 0.25) is 0 Å². The van der Waals surface area contributed by atoms with E-state index < -0.39 is 5.97 Å². The molecular formula is C3H6FNO3. The van der Waals surface area contributed by atoms with E-state index >= 15 is 0 Å². The molecule has 0 atom stereocenters. The number of ether oxygens (including phenoxy) is 1. The van der Waals surface area contributed by atoms with E-state index in [1.807, 2.05) is 0 Å². The number of rotatable bonds is 3. The van der Waals surface area contributed by atoms with E-state index in [2.05, 4.69) is 9.57 Å². The first-order chi connectivity index (χ1) is 3.81. The fourth-order valence-corrected chi connectivity index (χ4v) is 0.190. The Kier molecular flexibility index (Phi) is 4.10. The van der Waals surface area contributed by atoms with Crippen LogP contribution in [0.3, 0.4) is 0 Å². The quantitative estimate of drug-likeness (QED) is 0.408. The van der Waals surface area contributed by atoms with Gasteiger partial charge in [0.1, 0.15) is 6.61 Å². The van der Waals surface area contributed by atoms with Crippen molar-refractivity contribution in [1.29, 1.82) is 0 Å². The molecule has 4 nitrogen and oxygen atoms in total. The Morgan fingerprint density at radius 3 is 2.88 bits per heavy atom. The Morgan fingerprint density at radius 1 is 1.88 bits per heavy atom. The van der Waals surface area contributed by atoms with Gasteiger partial charge in [-0.05, 0) is 0 Å². The highest BCUT2D eigenvalue weighted by molar-refractivity contribution is 5.70. The Hall–Kier alpha value is -0.680. The smallest absolute Gasteiger partial charge is 0.353 e. The van der Waals surface area contributed by atoms with Crippen LogP contribution in [0.15, 0.2) is 0 Å². The lowest BCUT2D eigenvalue weighted by molar-refractivity contribution is -0.167. The summed E-state index contributed by atoms with van der Waals surface area (Å²) < 4.78 is 15.1. The Balaban J connectivity index is 3.06. The van der Waals surface area contributed by atoms with Crippen LogP contribution in [0.1, 0.15) is 0 Å². The van der Waals surface area contributed by atoms with E-state index in [1.165, 1.54) is 7.11 Å². The maximum absolute atomic E-state index is 10.8. The molecule has 5 heteroatoms. The predicted molar refractivity (Wildman–Crippen MR) is 22.2 cm³/mol. The van der Waals surface area contributed by atoms with Gasteiger partial charge >= 0.3 is 5.97 Å². The molecule has 0 fully saturated rings. The number of halogens is 1. The van der Waals surface area contributed by atoms with Crippen molar-refractivity contribution in [3.05, 3.63) is 0 Å². The van der Waals surface area contributed by atoms with E-state index in [-0.39, 0.29) is 6.61 Å². The second-order valence-electron chi connectivity index (χ2n) is 0.984. The second kappa shape index (κ2) is 4.48. The van der Waals surface area contributed by atoms with Crippen molar-refractivity contribution in [2.45, 2.75) is 0 Å². The third-order valence-corrected chi connectivity index (χ3v) is 0.415. The molecule has 0 saturated heterocycles. The molecule has 0 unspecified atom stereocenters. The lowest BCUT2D eigenvalue weighted by atomic mass is 10.7. The van der Waals surface area contributed by atoms with Crippen molar-refractivity contribution in [1.82, 2.24) is 5.70 Å². The van der Waals surface area contributed by atoms with Crippen LogP contribution in [-0.4, -0.2) is 19.7 Å². The molecule has 8 heavy (non-hydrogen) atoms. The van der Waals surface area contributed by atoms with Crippen molar-refractivity contribution < 1.29 is 18.9 Å². The molecule has 0 rings (SSSR count). The van der Waals surface area contributed by atoms with E-state index in [4.69, 9.17) is 0 Å². The van der Waals surface area contributed by atoms with Gasteiger partial charge in [0.05, 0.1) is 0 Å². The minimum absolute atomic E-state index is 0.253. The monoisotopic (exact) mass is 123 g/mol. The summed E-state index contributed by atoms with van der Waals surface area (Å²) in [7, 11) is 1.31. The molecular weight excluding hydrogens is 117 g/mol. The predicted octanol–water partition coefficient (Wildman–Crippen LogP) is -0.435. The summed E-state index contributed by atoms with van der Waals surface area (Å²) in [6, 6.07) is 0. The zero-order valence-electron chi connectivity index (χ0n) is 4.31. The van der Waals surface area contributed by atoms with Gasteiger partial charge in [-0.1, -0.05) is 4.48 Å². The molecule has 0 aliphatic heterocycles. The highest BCUT2D eigenvalue weighted by atomic mass is 19.2. The van der Waals surface area contributed by atoms with E-state index in [9.17, 15) is 9.28 Å². The zero-order chi connectivity index (χ0) is 6.41. The Labute approximate surface area is 45.5 Å². The number of nitrogens with one attached hydrogen (secondary N) is 1. The van der Waals surface area contributed by atoms with Crippen LogP contribution >= 0.6 is 0 Å². The molecule has 0 aromatic rings. The van der Waals surface area contributed by atoms with Crippen molar-refractivity contribution in [2.75, 3.05) is 13.7 Å². The van der Waals surface area contributed by atoms with Gasteiger partial charge < -0.3 is 9.57 Å². The maximum Gasteiger partial charge on any atom is 0.353 e. The summed E-state index contributed by atoms with van der Waals surface area (Å²) in [5.41, 5.74) is 0.723. The summed E-state index contributed by atoms with van der Waals surface area (Å²) in [6.45, 7) is -0.253. The largest absolute Gasteiger partial charge is 0.373 e. The standard InChI is InChI=1S/C3H6FNO3/c1-7-2-3(6)8-5-4/h5H,2H2,1H3. The normalized spacial score (nSPS) is 8.75. The van der Waals surface area contributed by atoms with Gasteiger partial charge in [-0.3, -0.25) is 0 Å². The summed E-state index contributed by atoms with van der Waals surface area (Å²) in [6.07, 6.45) is 0. The summed E-state index contributed by atoms with van der Waals surface area (Å²) in [4.78, 5) is 13.6. The first-order valence-electron chi connectivity index (χ1n) is 1.85. The highest BCUT2D eigenvalue weighted by Gasteiger charge is 1.98. The molecule has 0 aromatic carbocycles. The first kappa shape index (κ1) is 7.32. The van der Waals surface area contributed by atoms with Crippen LogP contribution in [-0.2, 0) is 14.4 Å². The average Bonchev–Trinajstić information content (AvgIpc) is 1.68. The lowest BCUT2D eigenvalue weighted by Crippen LogP contribution is -2.16. The second-order valence-corrected chi connectivity index (χ2v) is 0.984. The number of hydrogen-bond donors (Lipinski definition) is 1. The van der Waals surface area contributed by atoms with Crippen molar-refractivity contribution in [3.63, 3.8) is 0 Å². The van der Waals surface area contributed by atoms with E-state index in [0.717, 1.165) is 5.70 Å². The molecule has 0 bridgehead atoms. The van der Waals surface area contributed by atoms with Gasteiger partial charge in [0, 0.05) is 12.8 Å². The number of hydrogen-bond acceptors (Lipinski definition) is 4. The molecule has 0 aromatic heterocycles. The topological polar surface area (TPSA) is 47.6 Å². The molecule has 48 valence electrons. The fraction of sp³-hybridized carbons (Fsp3) is 0.667. The first-order valence-corrected chi connectivity index (χ1v) is 1.85. The average molecular weight is 123 g/mol. The fourth-order valence-electron chi connectivity index (χ4n) is 0.190. The van der Waals surface area contributed by atoms with Crippen LogP contribution in [0.4, 0.5) is 4.48 Å². The van der Waals surface area contributed by atoms with Gasteiger partial charge in [0.15, 0.2) is 0 Å². The van der Waals surface area contributed by atoms with Crippen molar-refractivity contribution in [3.8, 4) is 0 Å². The molecule has 0 heterocycles. The van der Waals surface area contributed by atoms with Gasteiger partial charge in [-0.2, -0.15) is 0 Å². The van der Waals surface area contributed by atoms with Gasteiger partial charge in [0.2, 0.25) is 0 Å². The SMILES string of the molecule is COCC(=O)ONF. The molecule has 0 aliphatic carbocycles. The molecule has 0 aliphatic rings. The molecule has 0 spiro atoms. The van der Waals surface area contributed by atoms with E-state index in [0.29, 0.717) is 0 Å². The Morgan fingerprint density at radius 2 is 2.50 bits per heavy atom. The van der Waals surface area contributed by atoms with Gasteiger partial charge in [0.25, 0.3) is 0 Å². The minimum Gasteiger partial charge on any atom is -0.373 e. The van der Waals surface area contributed by atoms with Crippen molar-refractivity contribution in [2.24, 2.45) is 0 Å². The third-order valence-electron chi connectivity index (χ3n) is 0.415. The molecule has 0 amide bonds. The summed E-state index contributed by atoms with van der Waals surface area (Å²) in [5, 5.41) is 0. The van der Waals surface area contributed by atoms with Crippen LogP contribution in [0.25, 0.3) is 0 Å². The van der Waals surface area contributed by atoms with Crippen molar-refractivity contribution >= 4 is 5.97 Å². The van der Waals surface area contributed by atoms with Crippen LogP contribution in [0, 0.1) is 0 Å². The highest BCUT2D eigenvalue weighted by Crippen LogP contribution is 1.72. The Bertz CT molecular complexity index is 68.9. The van der Waals surface area contributed by atoms with Gasteiger partial charge in [-0.15, -0.1) is 0 Å².